The van der Waals surface area contributed by atoms with E-state index in [1.165, 1.54) is 7.11 Å². The standard InChI is InChI=1S/C18H16N3O2S2/c1-23-17(22)14-9-7-13(8-10-14)12-25-18-20-19-16(11-24)21(18)15-5-3-2-4-6-15/h2-10H,11-12H2,1H3. The SMILES string of the molecule is COC(=O)c1ccc(CSc2nnc(C[S])n2-c2ccccc2)cc1. The highest BCUT2D eigenvalue weighted by Crippen LogP contribution is 2.26. The molecular weight excluding hydrogens is 354 g/mol. The van der Waals surface area contributed by atoms with Crippen molar-refractivity contribution in [3.05, 3.63) is 71.5 Å². The van der Waals surface area contributed by atoms with Gasteiger partial charge in [0.15, 0.2) is 5.16 Å². The molecule has 5 nitrogen and oxygen atoms in total. The Bertz CT molecular complexity index is 849. The molecule has 0 aliphatic carbocycles. The Morgan fingerprint density at radius 2 is 1.84 bits per heavy atom. The second-order valence-electron chi connectivity index (χ2n) is 5.19. The van der Waals surface area contributed by atoms with Crippen molar-refractivity contribution in [3.63, 3.8) is 0 Å². The molecule has 0 unspecified atom stereocenters. The van der Waals surface area contributed by atoms with Gasteiger partial charge < -0.3 is 4.74 Å². The smallest absolute Gasteiger partial charge is 0.337 e. The van der Waals surface area contributed by atoms with Gasteiger partial charge in [-0.05, 0) is 29.8 Å². The molecular formula is C18H16N3O2S2. The van der Waals surface area contributed by atoms with Crippen LogP contribution in [0.3, 0.4) is 0 Å². The van der Waals surface area contributed by atoms with Gasteiger partial charge in [-0.2, -0.15) is 0 Å². The van der Waals surface area contributed by atoms with Crippen molar-refractivity contribution in [3.8, 4) is 5.69 Å². The largest absolute Gasteiger partial charge is 0.465 e. The fourth-order valence-electron chi connectivity index (χ4n) is 2.33. The molecule has 0 fully saturated rings. The van der Waals surface area contributed by atoms with E-state index in [1.807, 2.05) is 47.0 Å². The van der Waals surface area contributed by atoms with Crippen molar-refractivity contribution in [2.45, 2.75) is 16.7 Å². The van der Waals surface area contributed by atoms with Crippen LogP contribution >= 0.6 is 24.4 Å². The molecule has 0 atom stereocenters. The topological polar surface area (TPSA) is 57.0 Å². The van der Waals surface area contributed by atoms with Crippen LogP contribution in [0, 0.1) is 0 Å². The van der Waals surface area contributed by atoms with E-state index in [1.54, 1.807) is 23.9 Å². The van der Waals surface area contributed by atoms with Crippen LogP contribution in [0.25, 0.3) is 5.69 Å². The molecule has 2 aromatic carbocycles. The number of methoxy groups -OCH3 is 1. The molecule has 0 saturated heterocycles. The van der Waals surface area contributed by atoms with E-state index in [0.717, 1.165) is 22.2 Å². The summed E-state index contributed by atoms with van der Waals surface area (Å²) in [5.41, 5.74) is 2.62. The molecule has 25 heavy (non-hydrogen) atoms. The molecule has 3 aromatic rings. The molecule has 3 rings (SSSR count). The fraction of sp³-hybridized carbons (Fsp3) is 0.167. The summed E-state index contributed by atoms with van der Waals surface area (Å²) in [5.74, 6) is 1.53. The van der Waals surface area contributed by atoms with E-state index >= 15 is 0 Å². The van der Waals surface area contributed by atoms with Crippen LogP contribution in [-0.4, -0.2) is 27.8 Å². The van der Waals surface area contributed by atoms with Crippen LogP contribution in [0.5, 0.6) is 0 Å². The first kappa shape index (κ1) is 17.6. The van der Waals surface area contributed by atoms with Crippen molar-refractivity contribution in [1.29, 1.82) is 0 Å². The second-order valence-corrected chi connectivity index (χ2v) is 6.42. The zero-order chi connectivity index (χ0) is 17.6. The number of ether oxygens (including phenoxy) is 1. The molecule has 0 aliphatic rings. The first-order valence-electron chi connectivity index (χ1n) is 7.61. The maximum atomic E-state index is 11.5. The van der Waals surface area contributed by atoms with Gasteiger partial charge in [0.05, 0.1) is 18.4 Å². The van der Waals surface area contributed by atoms with Crippen LogP contribution in [0.2, 0.25) is 0 Å². The first-order chi connectivity index (χ1) is 12.2. The van der Waals surface area contributed by atoms with E-state index < -0.39 is 0 Å². The lowest BCUT2D eigenvalue weighted by molar-refractivity contribution is 0.0600. The normalized spacial score (nSPS) is 10.6. The Balaban J connectivity index is 1.78. The Morgan fingerprint density at radius 1 is 1.12 bits per heavy atom. The molecule has 0 amide bonds. The number of benzene rings is 2. The summed E-state index contributed by atoms with van der Waals surface area (Å²) >= 11 is 6.75. The predicted octanol–water partition coefficient (Wildman–Crippen LogP) is 4.04. The Labute approximate surface area is 155 Å². The molecule has 1 aromatic heterocycles. The number of thioether (sulfide) groups is 1. The third-order valence-electron chi connectivity index (χ3n) is 3.59. The Hall–Kier alpha value is -2.25. The highest BCUT2D eigenvalue weighted by atomic mass is 32.2. The number of aromatic nitrogens is 3. The number of carbonyl (C=O) groups is 1. The van der Waals surface area contributed by atoms with Crippen LogP contribution < -0.4 is 0 Å². The minimum Gasteiger partial charge on any atom is -0.465 e. The lowest BCUT2D eigenvalue weighted by Crippen LogP contribution is -2.01. The van der Waals surface area contributed by atoms with Crippen LogP contribution in [0.1, 0.15) is 21.7 Å². The van der Waals surface area contributed by atoms with E-state index in [0.29, 0.717) is 17.1 Å². The van der Waals surface area contributed by atoms with Gasteiger partial charge in [-0.3, -0.25) is 4.57 Å². The van der Waals surface area contributed by atoms with Gasteiger partial charge in [-0.25, -0.2) is 4.79 Å². The van der Waals surface area contributed by atoms with Crippen LogP contribution in [0.4, 0.5) is 0 Å². The molecule has 0 aliphatic heterocycles. The summed E-state index contributed by atoms with van der Waals surface area (Å²) in [5, 5.41) is 9.27. The number of rotatable bonds is 6. The molecule has 7 heteroatoms. The summed E-state index contributed by atoms with van der Waals surface area (Å²) in [4.78, 5) is 11.5. The number of nitrogens with zero attached hydrogens (tertiary/aromatic N) is 3. The van der Waals surface area contributed by atoms with Crippen molar-refractivity contribution in [2.75, 3.05) is 7.11 Å². The van der Waals surface area contributed by atoms with E-state index in [4.69, 9.17) is 17.4 Å². The highest BCUT2D eigenvalue weighted by molar-refractivity contribution is 7.98. The number of hydrogen-bond acceptors (Lipinski definition) is 5. The van der Waals surface area contributed by atoms with Crippen molar-refractivity contribution < 1.29 is 9.53 Å². The average Bonchev–Trinajstić information content (AvgIpc) is 3.10. The second kappa shape index (κ2) is 8.22. The summed E-state index contributed by atoms with van der Waals surface area (Å²) in [6.07, 6.45) is 0. The maximum absolute atomic E-state index is 11.5. The van der Waals surface area contributed by atoms with Gasteiger partial charge in [-0.15, -0.1) is 10.2 Å². The summed E-state index contributed by atoms with van der Waals surface area (Å²) in [6.45, 7) is 0. The van der Waals surface area contributed by atoms with Gasteiger partial charge in [0.25, 0.3) is 0 Å². The van der Waals surface area contributed by atoms with Gasteiger partial charge in [-0.1, -0.05) is 54.7 Å². The number of esters is 1. The summed E-state index contributed by atoms with van der Waals surface area (Å²) in [6, 6.07) is 17.3. The molecule has 0 bridgehead atoms. The maximum Gasteiger partial charge on any atom is 0.337 e. The van der Waals surface area contributed by atoms with Gasteiger partial charge in [0.1, 0.15) is 5.82 Å². The minimum absolute atomic E-state index is 0.335. The highest BCUT2D eigenvalue weighted by Gasteiger charge is 2.13. The zero-order valence-electron chi connectivity index (χ0n) is 13.6. The lowest BCUT2D eigenvalue weighted by atomic mass is 10.1. The third-order valence-corrected chi connectivity index (χ3v) is 4.85. The molecule has 0 spiro atoms. The van der Waals surface area contributed by atoms with Crippen molar-refractivity contribution in [2.24, 2.45) is 0 Å². The quantitative estimate of drug-likeness (QED) is 0.484. The molecule has 127 valence electrons. The number of para-hydroxylation sites is 1. The Kier molecular flexibility index (Phi) is 5.78. The van der Waals surface area contributed by atoms with E-state index in [9.17, 15) is 4.79 Å². The number of hydrogen-bond donors (Lipinski definition) is 0. The summed E-state index contributed by atoms with van der Waals surface area (Å²) in [7, 11) is 1.37. The van der Waals surface area contributed by atoms with Crippen molar-refractivity contribution >= 4 is 30.4 Å². The van der Waals surface area contributed by atoms with E-state index in [-0.39, 0.29) is 5.97 Å². The molecule has 0 saturated carbocycles. The molecule has 1 heterocycles. The van der Waals surface area contributed by atoms with Crippen molar-refractivity contribution in [1.82, 2.24) is 14.8 Å². The van der Waals surface area contributed by atoms with Gasteiger partial charge in [0, 0.05) is 11.4 Å². The van der Waals surface area contributed by atoms with Gasteiger partial charge >= 0.3 is 5.97 Å². The predicted molar refractivity (Wildman–Crippen MR) is 100.0 cm³/mol. The third kappa shape index (κ3) is 4.05. The fourth-order valence-corrected chi connectivity index (χ4v) is 3.44. The average molecular weight is 370 g/mol. The lowest BCUT2D eigenvalue weighted by Gasteiger charge is -2.09. The van der Waals surface area contributed by atoms with Crippen LogP contribution in [0.15, 0.2) is 59.8 Å². The summed E-state index contributed by atoms with van der Waals surface area (Å²) < 4.78 is 6.70. The van der Waals surface area contributed by atoms with Gasteiger partial charge in [0.2, 0.25) is 0 Å². The molecule has 0 N–H and O–H groups in total. The zero-order valence-corrected chi connectivity index (χ0v) is 15.2. The monoisotopic (exact) mass is 370 g/mol. The number of carbonyl (C=O) groups excluding carboxylic acids is 1. The van der Waals surface area contributed by atoms with E-state index in [2.05, 4.69) is 10.2 Å². The molecule has 1 radical (unpaired) electrons. The minimum atomic E-state index is -0.335. The van der Waals surface area contributed by atoms with Crippen LogP contribution in [-0.2, 0) is 16.2 Å². The first-order valence-corrected chi connectivity index (χ1v) is 9.17. The Morgan fingerprint density at radius 3 is 2.48 bits per heavy atom.